The fourth-order valence-corrected chi connectivity index (χ4v) is 6.46. The molecule has 0 saturated carbocycles. The number of piperidine rings is 1. The van der Waals surface area contributed by atoms with Crippen LogP contribution >= 0.6 is 0 Å². The van der Waals surface area contributed by atoms with E-state index in [4.69, 9.17) is 0 Å². The number of nitrogens with one attached hydrogen (secondary N) is 1. The highest BCUT2D eigenvalue weighted by Gasteiger charge is 2.35. The van der Waals surface area contributed by atoms with Gasteiger partial charge < -0.3 is 5.32 Å². The van der Waals surface area contributed by atoms with Crippen molar-refractivity contribution in [2.24, 2.45) is 0 Å². The number of fused-ring (bicyclic) bond motifs is 1. The van der Waals surface area contributed by atoms with Crippen LogP contribution in [0.3, 0.4) is 0 Å². The second-order valence-corrected chi connectivity index (χ2v) is 10.8. The van der Waals surface area contributed by atoms with Gasteiger partial charge in [-0.15, -0.1) is 0 Å². The van der Waals surface area contributed by atoms with Crippen LogP contribution in [0.25, 0.3) is 10.8 Å². The van der Waals surface area contributed by atoms with Crippen molar-refractivity contribution >= 4 is 36.5 Å². The number of benzene rings is 2. The van der Waals surface area contributed by atoms with Crippen molar-refractivity contribution in [3.8, 4) is 0 Å². The Labute approximate surface area is 159 Å². The van der Waals surface area contributed by atoms with Crippen molar-refractivity contribution < 1.29 is 21.6 Å². The summed E-state index contributed by atoms with van der Waals surface area (Å²) < 4.78 is 51.8. The summed E-state index contributed by atoms with van der Waals surface area (Å²) in [7, 11) is -5.90. The lowest BCUT2D eigenvalue weighted by molar-refractivity contribution is -0.118. The van der Waals surface area contributed by atoms with Crippen molar-refractivity contribution in [1.29, 1.82) is 0 Å². The van der Waals surface area contributed by atoms with E-state index in [0.29, 0.717) is 0 Å². The fraction of sp³-hybridized carbons (Fsp3) is 0.389. The van der Waals surface area contributed by atoms with Crippen molar-refractivity contribution in [2.75, 3.05) is 25.9 Å². The maximum atomic E-state index is 12.9. The Balaban J connectivity index is 1.75. The number of rotatable bonds is 5. The first-order chi connectivity index (χ1) is 12.7. The quantitative estimate of drug-likeness (QED) is 0.797. The molecule has 2 aromatic carbocycles. The minimum atomic E-state index is -3.69. The maximum Gasteiger partial charge on any atom is 0.243 e. The van der Waals surface area contributed by atoms with Crippen LogP contribution in [0.15, 0.2) is 47.4 Å². The van der Waals surface area contributed by atoms with Gasteiger partial charge in [0.2, 0.25) is 15.9 Å². The molecule has 1 amide bonds. The van der Waals surface area contributed by atoms with E-state index in [1.165, 1.54) is 11.4 Å². The van der Waals surface area contributed by atoms with Crippen LogP contribution in [0.5, 0.6) is 0 Å². The maximum absolute atomic E-state index is 12.9. The average molecular weight is 411 g/mol. The normalized spacial score (nSPS) is 17.1. The summed E-state index contributed by atoms with van der Waals surface area (Å²) in [5.74, 6) is -1.12. The lowest BCUT2D eigenvalue weighted by Gasteiger charge is -2.30. The van der Waals surface area contributed by atoms with Crippen LogP contribution in [0, 0.1) is 0 Å². The summed E-state index contributed by atoms with van der Waals surface area (Å²) in [5, 5.41) is 3.40. The van der Waals surface area contributed by atoms with Gasteiger partial charge in [0.1, 0.15) is 5.75 Å². The smallest absolute Gasteiger partial charge is 0.243 e. The Morgan fingerprint density at radius 1 is 1.04 bits per heavy atom. The summed E-state index contributed by atoms with van der Waals surface area (Å²) in [5.41, 5.74) is 0. The molecule has 2 aromatic rings. The van der Waals surface area contributed by atoms with E-state index in [-0.39, 0.29) is 30.8 Å². The van der Waals surface area contributed by atoms with E-state index < -0.39 is 36.8 Å². The highest BCUT2D eigenvalue weighted by Crippen LogP contribution is 2.26. The van der Waals surface area contributed by atoms with Crippen LogP contribution in [0.1, 0.15) is 12.8 Å². The molecule has 1 N–H and O–H groups in total. The van der Waals surface area contributed by atoms with Gasteiger partial charge in [0.05, 0.1) is 10.1 Å². The van der Waals surface area contributed by atoms with Gasteiger partial charge in [0, 0.05) is 20.1 Å². The summed E-state index contributed by atoms with van der Waals surface area (Å²) >= 11 is 0. The summed E-state index contributed by atoms with van der Waals surface area (Å²) in [6, 6.07) is 12.5. The highest BCUT2D eigenvalue weighted by molar-refractivity contribution is 7.92. The lowest BCUT2D eigenvalue weighted by atomic mass is 10.1. The van der Waals surface area contributed by atoms with Crippen LogP contribution in [-0.4, -0.2) is 58.2 Å². The predicted octanol–water partition coefficient (Wildman–Crippen LogP) is 1.15. The monoisotopic (exact) mass is 410 g/mol. The zero-order chi connectivity index (χ0) is 19.7. The number of hydrogen-bond donors (Lipinski definition) is 1. The molecule has 0 atom stereocenters. The Morgan fingerprint density at radius 3 is 2.30 bits per heavy atom. The van der Waals surface area contributed by atoms with Crippen LogP contribution in [-0.2, 0) is 24.7 Å². The number of nitrogens with zero attached hydrogens (tertiary/aromatic N) is 1. The Kier molecular flexibility index (Phi) is 5.55. The predicted molar refractivity (Wildman–Crippen MR) is 104 cm³/mol. The zero-order valence-electron chi connectivity index (χ0n) is 15.0. The molecule has 7 nitrogen and oxygen atoms in total. The van der Waals surface area contributed by atoms with Gasteiger partial charge >= 0.3 is 0 Å². The minimum Gasteiger partial charge on any atom is -0.358 e. The van der Waals surface area contributed by atoms with Crippen molar-refractivity contribution in [1.82, 2.24) is 9.62 Å². The molecule has 0 radical (unpaired) electrons. The standard InChI is InChI=1S/C18H22N2O5S2/c1-19-18(21)13-26(22,23)16-8-10-20(11-9-16)27(24,25)17-7-6-14-4-2-3-5-15(14)12-17/h2-7,12,16H,8-11,13H2,1H3,(H,19,21). The molecule has 146 valence electrons. The molecule has 1 aliphatic heterocycles. The molecule has 0 unspecified atom stereocenters. The van der Waals surface area contributed by atoms with Crippen LogP contribution in [0.2, 0.25) is 0 Å². The van der Waals surface area contributed by atoms with Gasteiger partial charge in [-0.2, -0.15) is 4.31 Å². The summed E-state index contributed by atoms with van der Waals surface area (Å²) in [4.78, 5) is 11.6. The molecular weight excluding hydrogens is 388 g/mol. The molecule has 3 rings (SSSR count). The number of amides is 1. The van der Waals surface area contributed by atoms with E-state index in [1.54, 1.807) is 18.2 Å². The zero-order valence-corrected chi connectivity index (χ0v) is 16.6. The van der Waals surface area contributed by atoms with Gasteiger partial charge in [-0.3, -0.25) is 4.79 Å². The van der Waals surface area contributed by atoms with Crippen molar-refractivity contribution in [3.05, 3.63) is 42.5 Å². The molecule has 0 spiro atoms. The number of carbonyl (C=O) groups is 1. The molecule has 9 heteroatoms. The van der Waals surface area contributed by atoms with Crippen molar-refractivity contribution in [3.63, 3.8) is 0 Å². The Bertz CT molecular complexity index is 1060. The van der Waals surface area contributed by atoms with Crippen LogP contribution < -0.4 is 5.32 Å². The second-order valence-electron chi connectivity index (χ2n) is 6.59. The third-order valence-corrected chi connectivity index (χ3v) is 8.92. The van der Waals surface area contributed by atoms with Gasteiger partial charge in [-0.05, 0) is 35.7 Å². The molecule has 0 aliphatic carbocycles. The summed E-state index contributed by atoms with van der Waals surface area (Å²) in [6.45, 7) is 0.236. The van der Waals surface area contributed by atoms with Gasteiger partial charge in [0.15, 0.2) is 9.84 Å². The Morgan fingerprint density at radius 2 is 1.67 bits per heavy atom. The molecule has 27 heavy (non-hydrogen) atoms. The highest BCUT2D eigenvalue weighted by atomic mass is 32.2. The molecule has 0 aromatic heterocycles. The summed E-state index contributed by atoms with van der Waals surface area (Å²) in [6.07, 6.45) is 0.373. The van der Waals surface area contributed by atoms with E-state index in [0.717, 1.165) is 10.8 Å². The average Bonchev–Trinajstić information content (AvgIpc) is 2.67. The first kappa shape index (κ1) is 19.8. The molecule has 1 saturated heterocycles. The van der Waals surface area contributed by atoms with Gasteiger partial charge in [-0.25, -0.2) is 16.8 Å². The molecule has 0 bridgehead atoms. The third kappa shape index (κ3) is 4.15. The van der Waals surface area contributed by atoms with Gasteiger partial charge in [-0.1, -0.05) is 30.3 Å². The van der Waals surface area contributed by atoms with E-state index in [2.05, 4.69) is 5.32 Å². The third-order valence-electron chi connectivity index (χ3n) is 4.88. The largest absolute Gasteiger partial charge is 0.358 e. The molecule has 1 fully saturated rings. The van der Waals surface area contributed by atoms with E-state index in [1.807, 2.05) is 24.3 Å². The molecule has 1 heterocycles. The SMILES string of the molecule is CNC(=O)CS(=O)(=O)C1CCN(S(=O)(=O)c2ccc3ccccc3c2)CC1. The number of sulfonamides is 1. The van der Waals surface area contributed by atoms with Crippen LogP contribution in [0.4, 0.5) is 0 Å². The second kappa shape index (κ2) is 7.57. The first-order valence-corrected chi connectivity index (χ1v) is 11.8. The molecular formula is C18H22N2O5S2. The van der Waals surface area contributed by atoms with E-state index in [9.17, 15) is 21.6 Å². The fourth-order valence-electron chi connectivity index (χ4n) is 3.28. The Hall–Kier alpha value is -1.97. The number of sulfone groups is 1. The molecule has 1 aliphatic rings. The minimum absolute atomic E-state index is 0.118. The first-order valence-electron chi connectivity index (χ1n) is 8.65. The van der Waals surface area contributed by atoms with Crippen molar-refractivity contribution in [2.45, 2.75) is 23.0 Å². The van der Waals surface area contributed by atoms with E-state index >= 15 is 0 Å². The number of hydrogen-bond acceptors (Lipinski definition) is 5. The number of carbonyl (C=O) groups excluding carboxylic acids is 1. The lowest BCUT2D eigenvalue weighted by Crippen LogP contribution is -2.44. The topological polar surface area (TPSA) is 101 Å². The van der Waals surface area contributed by atoms with Gasteiger partial charge in [0.25, 0.3) is 0 Å².